The van der Waals surface area contributed by atoms with Gasteiger partial charge in [-0.05, 0) is 48.5 Å². The van der Waals surface area contributed by atoms with E-state index >= 15 is 0 Å². The van der Waals surface area contributed by atoms with Gasteiger partial charge in [-0.15, -0.1) is 0 Å². The normalized spacial score (nSPS) is 9.80. The minimum Gasteiger partial charge on any atom is -0.341 e. The van der Waals surface area contributed by atoms with Gasteiger partial charge in [0.15, 0.2) is 0 Å². The summed E-state index contributed by atoms with van der Waals surface area (Å²) in [4.78, 5) is 24.0. The van der Waals surface area contributed by atoms with Crippen LogP contribution < -0.4 is 10.6 Å². The van der Waals surface area contributed by atoms with Crippen molar-refractivity contribution in [2.45, 2.75) is 0 Å². The van der Waals surface area contributed by atoms with Crippen molar-refractivity contribution in [2.75, 3.05) is 21.9 Å². The fourth-order valence-corrected chi connectivity index (χ4v) is 2.69. The molecule has 0 saturated heterocycles. The SMILES string of the molecule is O=C(NCC#CCI)c1ccc(N=Nc2ccc(C(=O)NCC#CCI)cc2)cc1. The van der Waals surface area contributed by atoms with Crippen LogP contribution in [0.5, 0.6) is 0 Å². The van der Waals surface area contributed by atoms with Gasteiger partial charge in [-0.1, -0.05) is 68.9 Å². The topological polar surface area (TPSA) is 82.9 Å². The number of rotatable bonds is 6. The summed E-state index contributed by atoms with van der Waals surface area (Å²) in [5.41, 5.74) is 2.30. The second-order valence-electron chi connectivity index (χ2n) is 5.63. The molecule has 2 N–H and O–H groups in total. The molecule has 0 radical (unpaired) electrons. The van der Waals surface area contributed by atoms with E-state index in [-0.39, 0.29) is 11.8 Å². The molecule has 0 saturated carbocycles. The largest absolute Gasteiger partial charge is 0.341 e. The number of benzene rings is 2. The molecule has 2 aromatic rings. The number of azo groups is 1. The molecule has 0 aromatic heterocycles. The maximum atomic E-state index is 12.0. The first-order valence-corrected chi connectivity index (χ1v) is 11.9. The Morgan fingerprint density at radius 2 is 1.03 bits per heavy atom. The molecule has 2 rings (SSSR count). The first-order chi connectivity index (χ1) is 14.6. The van der Waals surface area contributed by atoms with E-state index < -0.39 is 0 Å². The number of nitrogens with one attached hydrogen (secondary N) is 2. The average molecular weight is 624 g/mol. The number of hydrogen-bond donors (Lipinski definition) is 2. The van der Waals surface area contributed by atoms with Crippen molar-refractivity contribution in [2.24, 2.45) is 10.2 Å². The third-order valence-electron chi connectivity index (χ3n) is 3.60. The lowest BCUT2D eigenvalue weighted by Crippen LogP contribution is -2.23. The molecule has 0 aliphatic carbocycles. The van der Waals surface area contributed by atoms with Crippen LogP contribution >= 0.6 is 45.2 Å². The highest BCUT2D eigenvalue weighted by molar-refractivity contribution is 14.1. The third kappa shape index (κ3) is 8.51. The number of carbonyl (C=O) groups excluding carboxylic acids is 2. The van der Waals surface area contributed by atoms with Crippen molar-refractivity contribution < 1.29 is 9.59 Å². The molecule has 0 bridgehead atoms. The van der Waals surface area contributed by atoms with Crippen molar-refractivity contribution >= 4 is 68.4 Å². The van der Waals surface area contributed by atoms with Crippen LogP contribution in [0.2, 0.25) is 0 Å². The predicted molar refractivity (Wildman–Crippen MR) is 135 cm³/mol. The number of hydrogen-bond acceptors (Lipinski definition) is 4. The van der Waals surface area contributed by atoms with E-state index in [2.05, 4.69) is 89.7 Å². The number of nitrogens with zero attached hydrogens (tertiary/aromatic N) is 2. The summed E-state index contributed by atoms with van der Waals surface area (Å²) in [5, 5.41) is 13.8. The Labute approximate surface area is 203 Å². The Morgan fingerprint density at radius 1 is 0.667 bits per heavy atom. The Morgan fingerprint density at radius 3 is 1.37 bits per heavy atom. The first kappa shape index (κ1) is 23.8. The summed E-state index contributed by atoms with van der Waals surface area (Å²) in [5.74, 6) is 11.1. The number of alkyl halides is 2. The Balaban J connectivity index is 1.91. The molecule has 0 heterocycles. The van der Waals surface area contributed by atoms with Gasteiger partial charge in [-0.2, -0.15) is 10.2 Å². The second-order valence-corrected chi connectivity index (χ2v) is 7.16. The van der Waals surface area contributed by atoms with Gasteiger partial charge in [0.1, 0.15) is 0 Å². The highest BCUT2D eigenvalue weighted by atomic mass is 127. The lowest BCUT2D eigenvalue weighted by Gasteiger charge is -2.02. The number of amides is 2. The Hall–Kier alpha value is -2.44. The summed E-state index contributed by atoms with van der Waals surface area (Å²) in [6, 6.07) is 13.6. The molecule has 6 nitrogen and oxygen atoms in total. The molecule has 0 atom stereocenters. The molecule has 2 aromatic carbocycles. The van der Waals surface area contributed by atoms with Crippen molar-refractivity contribution in [3.05, 3.63) is 59.7 Å². The van der Waals surface area contributed by atoms with E-state index in [1.165, 1.54) is 0 Å². The summed E-state index contributed by atoms with van der Waals surface area (Å²) in [6.07, 6.45) is 0. The molecule has 0 aliphatic heterocycles. The van der Waals surface area contributed by atoms with Gasteiger partial charge in [-0.3, -0.25) is 9.59 Å². The van der Waals surface area contributed by atoms with Crippen LogP contribution in [0.25, 0.3) is 0 Å². The van der Waals surface area contributed by atoms with E-state index in [1.54, 1.807) is 48.5 Å². The molecule has 0 spiro atoms. The maximum Gasteiger partial charge on any atom is 0.252 e. The quantitative estimate of drug-likeness (QED) is 0.216. The minimum absolute atomic E-state index is 0.185. The van der Waals surface area contributed by atoms with E-state index in [4.69, 9.17) is 0 Å². The molecule has 0 fully saturated rings. The van der Waals surface area contributed by atoms with Gasteiger partial charge >= 0.3 is 0 Å². The standard InChI is InChI=1S/C22H18I2N4O2/c23-13-1-3-15-25-21(29)17-5-9-19(10-6-17)27-28-20-11-7-18(8-12-20)22(30)26-16-4-2-14-24/h5-12H,13-16H2,(H,25,29)(H,26,30). The second kappa shape index (κ2) is 13.7. The van der Waals surface area contributed by atoms with Gasteiger partial charge in [0.25, 0.3) is 11.8 Å². The zero-order chi connectivity index (χ0) is 21.6. The van der Waals surface area contributed by atoms with Crippen molar-refractivity contribution in [1.29, 1.82) is 0 Å². The fraction of sp³-hybridized carbons (Fsp3) is 0.182. The number of halogens is 2. The van der Waals surface area contributed by atoms with Gasteiger partial charge < -0.3 is 10.6 Å². The lowest BCUT2D eigenvalue weighted by molar-refractivity contribution is 0.0950. The van der Waals surface area contributed by atoms with Crippen LogP contribution in [0.1, 0.15) is 20.7 Å². The highest BCUT2D eigenvalue weighted by Gasteiger charge is 2.05. The zero-order valence-electron chi connectivity index (χ0n) is 15.9. The first-order valence-electron chi connectivity index (χ1n) is 8.85. The minimum atomic E-state index is -0.185. The van der Waals surface area contributed by atoms with Crippen LogP contribution in [-0.2, 0) is 0 Å². The molecule has 152 valence electrons. The Bertz CT molecular complexity index is 928. The summed E-state index contributed by atoms with van der Waals surface area (Å²) in [6.45, 7) is 0.645. The van der Waals surface area contributed by atoms with Gasteiger partial charge in [0.2, 0.25) is 0 Å². The maximum absolute atomic E-state index is 12.0. The van der Waals surface area contributed by atoms with Crippen LogP contribution in [-0.4, -0.2) is 33.8 Å². The molecule has 8 heteroatoms. The molecular formula is C22H18I2N4O2. The van der Waals surface area contributed by atoms with Crippen molar-refractivity contribution in [3.63, 3.8) is 0 Å². The average Bonchev–Trinajstić information content (AvgIpc) is 2.78. The van der Waals surface area contributed by atoms with Crippen LogP contribution in [0.15, 0.2) is 58.8 Å². The van der Waals surface area contributed by atoms with Gasteiger partial charge in [0, 0.05) is 11.1 Å². The van der Waals surface area contributed by atoms with E-state index in [0.717, 1.165) is 8.86 Å². The highest BCUT2D eigenvalue weighted by Crippen LogP contribution is 2.19. The zero-order valence-corrected chi connectivity index (χ0v) is 20.2. The monoisotopic (exact) mass is 624 g/mol. The fourth-order valence-electron chi connectivity index (χ4n) is 2.15. The van der Waals surface area contributed by atoms with Crippen molar-refractivity contribution in [3.8, 4) is 23.7 Å². The predicted octanol–water partition coefficient (Wildman–Crippen LogP) is 4.44. The molecular weight excluding hydrogens is 606 g/mol. The van der Waals surface area contributed by atoms with Crippen LogP contribution in [0.4, 0.5) is 11.4 Å². The number of carbonyl (C=O) groups is 2. The molecule has 2 amide bonds. The van der Waals surface area contributed by atoms with E-state index in [1.807, 2.05) is 0 Å². The molecule has 30 heavy (non-hydrogen) atoms. The van der Waals surface area contributed by atoms with Crippen LogP contribution in [0.3, 0.4) is 0 Å². The van der Waals surface area contributed by atoms with Gasteiger partial charge in [0.05, 0.1) is 33.3 Å². The summed E-state index contributed by atoms with van der Waals surface area (Å²) < 4.78 is 1.47. The summed E-state index contributed by atoms with van der Waals surface area (Å²) >= 11 is 4.31. The lowest BCUT2D eigenvalue weighted by atomic mass is 10.2. The third-order valence-corrected chi connectivity index (χ3v) is 4.36. The molecule has 0 aliphatic rings. The Kier molecular flexibility index (Phi) is 10.9. The van der Waals surface area contributed by atoms with E-state index in [0.29, 0.717) is 35.6 Å². The van der Waals surface area contributed by atoms with Crippen LogP contribution in [0, 0.1) is 23.7 Å². The van der Waals surface area contributed by atoms with Gasteiger partial charge in [-0.25, -0.2) is 0 Å². The van der Waals surface area contributed by atoms with Crippen molar-refractivity contribution in [1.82, 2.24) is 10.6 Å². The molecule has 0 unspecified atom stereocenters. The summed E-state index contributed by atoms with van der Waals surface area (Å²) in [7, 11) is 0. The van der Waals surface area contributed by atoms with E-state index in [9.17, 15) is 9.59 Å². The smallest absolute Gasteiger partial charge is 0.252 e.